The Morgan fingerprint density at radius 2 is 1.93 bits per heavy atom. The SMILES string of the molecule is Cc1cc(COc2ccc(S(=O)(=O)N3CCCC3CO)cc2)c2ccccc2n1. The van der Waals surface area contributed by atoms with Crippen LogP contribution >= 0.6 is 0 Å². The van der Waals surface area contributed by atoms with Crippen molar-refractivity contribution in [1.82, 2.24) is 9.29 Å². The number of hydrogen-bond donors (Lipinski definition) is 1. The van der Waals surface area contributed by atoms with Gasteiger partial charge in [-0.1, -0.05) is 18.2 Å². The molecule has 1 fully saturated rings. The molecule has 0 amide bonds. The van der Waals surface area contributed by atoms with E-state index in [2.05, 4.69) is 4.98 Å². The van der Waals surface area contributed by atoms with Crippen molar-refractivity contribution in [2.45, 2.75) is 37.3 Å². The Labute approximate surface area is 170 Å². The highest BCUT2D eigenvalue weighted by atomic mass is 32.2. The molecular formula is C22H24N2O4S. The molecule has 1 N–H and O–H groups in total. The lowest BCUT2D eigenvalue weighted by Crippen LogP contribution is -2.37. The summed E-state index contributed by atoms with van der Waals surface area (Å²) in [5, 5.41) is 10.5. The van der Waals surface area contributed by atoms with Gasteiger partial charge < -0.3 is 9.84 Å². The van der Waals surface area contributed by atoms with Crippen molar-refractivity contribution in [3.05, 3.63) is 65.9 Å². The zero-order chi connectivity index (χ0) is 20.4. The van der Waals surface area contributed by atoms with E-state index >= 15 is 0 Å². The molecule has 3 aromatic rings. The number of aliphatic hydroxyl groups excluding tert-OH is 1. The van der Waals surface area contributed by atoms with Crippen molar-refractivity contribution < 1.29 is 18.3 Å². The van der Waals surface area contributed by atoms with Gasteiger partial charge in [0.1, 0.15) is 12.4 Å². The second-order valence-electron chi connectivity index (χ2n) is 7.29. The lowest BCUT2D eigenvalue weighted by Gasteiger charge is -2.22. The van der Waals surface area contributed by atoms with Crippen LogP contribution < -0.4 is 4.74 Å². The number of aromatic nitrogens is 1. The van der Waals surface area contributed by atoms with Gasteiger partial charge in [0.25, 0.3) is 0 Å². The molecule has 6 nitrogen and oxygen atoms in total. The van der Waals surface area contributed by atoms with Crippen LogP contribution in [0.1, 0.15) is 24.1 Å². The quantitative estimate of drug-likeness (QED) is 0.672. The molecule has 0 spiro atoms. The molecule has 2 aromatic carbocycles. The number of fused-ring (bicyclic) bond motifs is 1. The zero-order valence-corrected chi connectivity index (χ0v) is 17.1. The van der Waals surface area contributed by atoms with Crippen LogP contribution in [-0.2, 0) is 16.6 Å². The summed E-state index contributed by atoms with van der Waals surface area (Å²) in [6.45, 7) is 2.61. The number of sulfonamides is 1. The van der Waals surface area contributed by atoms with E-state index in [0.717, 1.165) is 28.6 Å². The van der Waals surface area contributed by atoms with Crippen LogP contribution in [0.25, 0.3) is 10.9 Å². The summed E-state index contributed by atoms with van der Waals surface area (Å²) in [5.41, 5.74) is 2.89. The first-order valence-corrected chi connectivity index (χ1v) is 11.1. The van der Waals surface area contributed by atoms with E-state index < -0.39 is 10.0 Å². The highest BCUT2D eigenvalue weighted by Crippen LogP contribution is 2.27. The average molecular weight is 413 g/mol. The molecule has 0 aliphatic carbocycles. The first kappa shape index (κ1) is 19.8. The van der Waals surface area contributed by atoms with Crippen molar-refractivity contribution >= 4 is 20.9 Å². The Hall–Kier alpha value is -2.48. The maximum Gasteiger partial charge on any atom is 0.243 e. The van der Waals surface area contributed by atoms with Crippen LogP contribution in [0, 0.1) is 6.92 Å². The van der Waals surface area contributed by atoms with E-state index in [1.165, 1.54) is 4.31 Å². The monoisotopic (exact) mass is 412 g/mol. The molecule has 1 saturated heterocycles. The van der Waals surface area contributed by atoms with Crippen molar-refractivity contribution in [2.75, 3.05) is 13.2 Å². The van der Waals surface area contributed by atoms with Crippen LogP contribution in [0.15, 0.2) is 59.5 Å². The molecule has 1 atom stereocenters. The molecule has 2 heterocycles. The topological polar surface area (TPSA) is 79.7 Å². The summed E-state index contributed by atoms with van der Waals surface area (Å²) < 4.78 is 33.0. The molecule has 4 rings (SSSR count). The fraction of sp³-hybridized carbons (Fsp3) is 0.318. The average Bonchev–Trinajstić information content (AvgIpc) is 3.22. The molecule has 7 heteroatoms. The highest BCUT2D eigenvalue weighted by Gasteiger charge is 2.34. The minimum atomic E-state index is -3.61. The van der Waals surface area contributed by atoms with Crippen LogP contribution in [-0.4, -0.2) is 42.0 Å². The molecule has 1 unspecified atom stereocenters. The molecule has 1 aliphatic rings. The third kappa shape index (κ3) is 3.99. The minimum absolute atomic E-state index is 0.153. The number of pyridine rings is 1. The molecule has 29 heavy (non-hydrogen) atoms. The molecule has 1 aliphatic heterocycles. The number of hydrogen-bond acceptors (Lipinski definition) is 5. The first-order valence-electron chi connectivity index (χ1n) is 9.70. The third-order valence-electron chi connectivity index (χ3n) is 5.29. The van der Waals surface area contributed by atoms with E-state index in [1.54, 1.807) is 24.3 Å². The standard InChI is InChI=1S/C22H24N2O4S/c1-16-13-17(21-6-2-3-7-22(21)23-16)15-28-19-8-10-20(11-9-19)29(26,27)24-12-4-5-18(24)14-25/h2-3,6-11,13,18,25H,4-5,12,14-15H2,1H3. The summed E-state index contributed by atoms with van der Waals surface area (Å²) in [6.07, 6.45) is 1.46. The van der Waals surface area contributed by atoms with Crippen molar-refractivity contribution in [3.8, 4) is 5.75 Å². The molecular weight excluding hydrogens is 388 g/mol. The molecule has 0 radical (unpaired) electrons. The number of aryl methyl sites for hydroxylation is 1. The Morgan fingerprint density at radius 3 is 2.69 bits per heavy atom. The Bertz CT molecular complexity index is 1110. The summed E-state index contributed by atoms with van der Waals surface area (Å²) in [5.74, 6) is 0.600. The summed E-state index contributed by atoms with van der Waals surface area (Å²) in [7, 11) is -3.61. The number of benzene rings is 2. The van der Waals surface area contributed by atoms with Gasteiger partial charge in [-0.05, 0) is 56.2 Å². The van der Waals surface area contributed by atoms with Crippen LogP contribution in [0.5, 0.6) is 5.75 Å². The normalized spacial score (nSPS) is 17.7. The second kappa shape index (κ2) is 8.10. The number of rotatable bonds is 6. The maximum atomic E-state index is 12.8. The van der Waals surface area contributed by atoms with Gasteiger partial charge in [0, 0.05) is 29.2 Å². The predicted octanol–water partition coefficient (Wildman–Crippen LogP) is 3.27. The number of ether oxygens (including phenoxy) is 1. The number of aliphatic hydroxyl groups is 1. The summed E-state index contributed by atoms with van der Waals surface area (Å²) in [4.78, 5) is 4.75. The molecule has 1 aromatic heterocycles. The van der Waals surface area contributed by atoms with E-state index in [4.69, 9.17) is 4.74 Å². The lowest BCUT2D eigenvalue weighted by atomic mass is 10.1. The van der Waals surface area contributed by atoms with E-state index in [0.29, 0.717) is 25.3 Å². The first-order chi connectivity index (χ1) is 14.0. The van der Waals surface area contributed by atoms with Crippen molar-refractivity contribution in [2.24, 2.45) is 0 Å². The number of nitrogens with zero attached hydrogens (tertiary/aromatic N) is 2. The van der Waals surface area contributed by atoms with Gasteiger partial charge in [-0.25, -0.2) is 8.42 Å². The van der Waals surface area contributed by atoms with Gasteiger partial charge >= 0.3 is 0 Å². The fourth-order valence-corrected chi connectivity index (χ4v) is 5.51. The van der Waals surface area contributed by atoms with E-state index in [-0.39, 0.29) is 17.5 Å². The van der Waals surface area contributed by atoms with Crippen LogP contribution in [0.4, 0.5) is 0 Å². The van der Waals surface area contributed by atoms with Gasteiger partial charge in [0.05, 0.1) is 17.0 Å². The summed E-state index contributed by atoms with van der Waals surface area (Å²) in [6, 6.07) is 16.1. The van der Waals surface area contributed by atoms with Gasteiger partial charge in [-0.3, -0.25) is 4.98 Å². The maximum absolute atomic E-state index is 12.8. The van der Waals surface area contributed by atoms with Crippen molar-refractivity contribution in [3.63, 3.8) is 0 Å². The fourth-order valence-electron chi connectivity index (χ4n) is 3.83. The molecule has 0 bridgehead atoms. The Kier molecular flexibility index (Phi) is 5.54. The highest BCUT2D eigenvalue weighted by molar-refractivity contribution is 7.89. The van der Waals surface area contributed by atoms with E-state index in [9.17, 15) is 13.5 Å². The molecule has 0 saturated carbocycles. The van der Waals surface area contributed by atoms with Gasteiger partial charge in [-0.15, -0.1) is 0 Å². The molecule has 152 valence electrons. The lowest BCUT2D eigenvalue weighted by molar-refractivity contribution is 0.213. The largest absolute Gasteiger partial charge is 0.489 e. The van der Waals surface area contributed by atoms with E-state index in [1.807, 2.05) is 37.3 Å². The van der Waals surface area contributed by atoms with Gasteiger partial charge in [-0.2, -0.15) is 4.31 Å². The zero-order valence-electron chi connectivity index (χ0n) is 16.3. The Balaban J connectivity index is 1.51. The van der Waals surface area contributed by atoms with Gasteiger partial charge in [0.2, 0.25) is 10.0 Å². The Morgan fingerprint density at radius 1 is 1.17 bits per heavy atom. The third-order valence-corrected chi connectivity index (χ3v) is 7.25. The smallest absolute Gasteiger partial charge is 0.243 e. The summed E-state index contributed by atoms with van der Waals surface area (Å²) >= 11 is 0. The van der Waals surface area contributed by atoms with Crippen LogP contribution in [0.3, 0.4) is 0 Å². The minimum Gasteiger partial charge on any atom is -0.489 e. The van der Waals surface area contributed by atoms with Gasteiger partial charge in [0.15, 0.2) is 0 Å². The van der Waals surface area contributed by atoms with Crippen molar-refractivity contribution in [1.29, 1.82) is 0 Å². The predicted molar refractivity (Wildman–Crippen MR) is 111 cm³/mol. The number of para-hydroxylation sites is 1. The second-order valence-corrected chi connectivity index (χ2v) is 9.18. The van der Waals surface area contributed by atoms with Crippen LogP contribution in [0.2, 0.25) is 0 Å².